The Morgan fingerprint density at radius 2 is 2.05 bits per heavy atom. The first-order valence-corrected chi connectivity index (χ1v) is 7.44. The average Bonchev–Trinajstić information content (AvgIpc) is 2.78. The van der Waals surface area contributed by atoms with Crippen molar-refractivity contribution >= 4 is 11.9 Å². The summed E-state index contributed by atoms with van der Waals surface area (Å²) in [7, 11) is 1.81. The molecule has 1 aromatic heterocycles. The van der Waals surface area contributed by atoms with Gasteiger partial charge in [-0.05, 0) is 40.0 Å². The van der Waals surface area contributed by atoms with E-state index in [9.17, 15) is 0 Å². The molecule has 1 aliphatic rings. The number of hydrogen-bond donors (Lipinski definition) is 1. The van der Waals surface area contributed by atoms with E-state index in [1.165, 1.54) is 12.8 Å². The van der Waals surface area contributed by atoms with Gasteiger partial charge in [0.15, 0.2) is 0 Å². The number of hydrogen-bond acceptors (Lipinski definition) is 6. The molecule has 2 unspecified atom stereocenters. The molecule has 2 rings (SSSR count). The second-order valence-corrected chi connectivity index (χ2v) is 5.55. The second-order valence-electron chi connectivity index (χ2n) is 5.55. The van der Waals surface area contributed by atoms with Gasteiger partial charge in [0.2, 0.25) is 11.9 Å². The third-order valence-corrected chi connectivity index (χ3v) is 3.66. The third-order valence-electron chi connectivity index (χ3n) is 3.66. The Bertz CT molecular complexity index is 451. The minimum absolute atomic E-state index is 0.0490. The molecule has 0 amide bonds. The van der Waals surface area contributed by atoms with E-state index in [0.717, 1.165) is 12.4 Å². The maximum absolute atomic E-state index is 5.63. The molecule has 2 heterocycles. The zero-order valence-electron chi connectivity index (χ0n) is 13.1. The summed E-state index contributed by atoms with van der Waals surface area (Å²) >= 11 is 0. The van der Waals surface area contributed by atoms with E-state index in [2.05, 4.69) is 39.0 Å². The van der Waals surface area contributed by atoms with E-state index in [4.69, 9.17) is 4.74 Å². The van der Waals surface area contributed by atoms with Crippen molar-refractivity contribution in [3.05, 3.63) is 0 Å². The van der Waals surface area contributed by atoms with Crippen molar-refractivity contribution in [2.75, 3.05) is 17.3 Å². The van der Waals surface area contributed by atoms with Gasteiger partial charge >= 0.3 is 6.01 Å². The lowest BCUT2D eigenvalue weighted by Crippen LogP contribution is -2.36. The van der Waals surface area contributed by atoms with Crippen molar-refractivity contribution in [3.8, 4) is 6.01 Å². The molecule has 0 bridgehead atoms. The molecular weight excluding hydrogens is 254 g/mol. The van der Waals surface area contributed by atoms with Crippen LogP contribution in [0.1, 0.15) is 47.0 Å². The smallest absolute Gasteiger partial charge is 0.323 e. The topological polar surface area (TPSA) is 63.2 Å². The van der Waals surface area contributed by atoms with E-state index >= 15 is 0 Å². The van der Waals surface area contributed by atoms with Gasteiger partial charge in [-0.25, -0.2) is 0 Å². The van der Waals surface area contributed by atoms with Crippen molar-refractivity contribution in [1.82, 2.24) is 15.0 Å². The molecule has 0 aliphatic carbocycles. The second kappa shape index (κ2) is 6.24. The fourth-order valence-electron chi connectivity index (χ4n) is 2.67. The fraction of sp³-hybridized carbons (Fsp3) is 0.786. The van der Waals surface area contributed by atoms with Crippen LogP contribution in [0.15, 0.2) is 0 Å². The predicted molar refractivity (Wildman–Crippen MR) is 80.4 cm³/mol. The van der Waals surface area contributed by atoms with Gasteiger partial charge < -0.3 is 15.0 Å². The number of rotatable bonds is 5. The Morgan fingerprint density at radius 1 is 1.30 bits per heavy atom. The minimum Gasteiger partial charge on any atom is -0.461 e. The molecule has 1 aromatic rings. The lowest BCUT2D eigenvalue weighted by Gasteiger charge is -2.28. The molecule has 1 aliphatic heterocycles. The van der Waals surface area contributed by atoms with Crippen LogP contribution in [0.5, 0.6) is 6.01 Å². The van der Waals surface area contributed by atoms with Crippen LogP contribution < -0.4 is 15.0 Å². The van der Waals surface area contributed by atoms with Gasteiger partial charge in [0.05, 0.1) is 6.10 Å². The maximum Gasteiger partial charge on any atom is 0.323 e. The summed E-state index contributed by atoms with van der Waals surface area (Å²) in [6, 6.07) is 1.35. The third kappa shape index (κ3) is 3.11. The van der Waals surface area contributed by atoms with Crippen molar-refractivity contribution in [2.24, 2.45) is 0 Å². The molecule has 1 fully saturated rings. The van der Waals surface area contributed by atoms with Crippen molar-refractivity contribution in [2.45, 2.75) is 65.1 Å². The van der Waals surface area contributed by atoms with Crippen LogP contribution in [0, 0.1) is 0 Å². The Hall–Kier alpha value is -1.59. The summed E-state index contributed by atoms with van der Waals surface area (Å²) in [6.45, 7) is 8.37. The fourth-order valence-corrected chi connectivity index (χ4v) is 2.67. The zero-order chi connectivity index (χ0) is 14.7. The number of ether oxygens (including phenoxy) is 1. The molecule has 112 valence electrons. The molecule has 20 heavy (non-hydrogen) atoms. The minimum atomic E-state index is 0.0490. The van der Waals surface area contributed by atoms with Gasteiger partial charge in [-0.3, -0.25) is 0 Å². The predicted octanol–water partition coefficient (Wildman–Crippen LogP) is 2.47. The molecule has 6 nitrogen and oxygen atoms in total. The van der Waals surface area contributed by atoms with Crippen LogP contribution in [-0.2, 0) is 0 Å². The van der Waals surface area contributed by atoms with Gasteiger partial charge in [-0.15, -0.1) is 0 Å². The van der Waals surface area contributed by atoms with Gasteiger partial charge in [-0.1, -0.05) is 6.92 Å². The number of nitrogens with zero attached hydrogens (tertiary/aromatic N) is 4. The lowest BCUT2D eigenvalue weighted by atomic mass is 10.2. The molecule has 0 aromatic carbocycles. The lowest BCUT2D eigenvalue weighted by molar-refractivity contribution is 0.222. The van der Waals surface area contributed by atoms with Crippen LogP contribution >= 0.6 is 0 Å². The number of aromatic nitrogens is 3. The normalized spacial score (nSPS) is 22.4. The van der Waals surface area contributed by atoms with E-state index in [-0.39, 0.29) is 6.10 Å². The van der Waals surface area contributed by atoms with Crippen LogP contribution in [0.3, 0.4) is 0 Å². The van der Waals surface area contributed by atoms with Crippen LogP contribution in [0.25, 0.3) is 0 Å². The summed E-state index contributed by atoms with van der Waals surface area (Å²) in [5.74, 6) is 1.27. The largest absolute Gasteiger partial charge is 0.461 e. The average molecular weight is 279 g/mol. The van der Waals surface area contributed by atoms with Crippen molar-refractivity contribution < 1.29 is 4.74 Å². The van der Waals surface area contributed by atoms with Crippen LogP contribution in [0.4, 0.5) is 11.9 Å². The molecule has 6 heteroatoms. The standard InChI is InChI=1S/C14H25N5O/c1-6-11-8-7-10(4)19(11)13-16-12(15-5)17-14(18-13)20-9(2)3/h9-11H,6-8H2,1-5H3,(H,15,16,17,18). The monoisotopic (exact) mass is 279 g/mol. The molecule has 1 saturated heterocycles. The zero-order valence-corrected chi connectivity index (χ0v) is 13.1. The Balaban J connectivity index is 2.34. The van der Waals surface area contributed by atoms with E-state index < -0.39 is 0 Å². The van der Waals surface area contributed by atoms with Gasteiger partial charge in [-0.2, -0.15) is 15.0 Å². The highest BCUT2D eigenvalue weighted by molar-refractivity contribution is 5.41. The number of nitrogens with one attached hydrogen (secondary N) is 1. The van der Waals surface area contributed by atoms with Gasteiger partial charge in [0, 0.05) is 19.1 Å². The number of anilines is 2. The van der Waals surface area contributed by atoms with Gasteiger partial charge in [0.25, 0.3) is 0 Å². The molecule has 1 N–H and O–H groups in total. The molecule has 2 atom stereocenters. The Kier molecular flexibility index (Phi) is 4.62. The first-order chi connectivity index (χ1) is 9.55. The van der Waals surface area contributed by atoms with E-state index in [1.54, 1.807) is 0 Å². The molecule has 0 spiro atoms. The van der Waals surface area contributed by atoms with Crippen molar-refractivity contribution in [1.29, 1.82) is 0 Å². The summed E-state index contributed by atoms with van der Waals surface area (Å²) in [5, 5.41) is 2.98. The maximum atomic E-state index is 5.63. The first-order valence-electron chi connectivity index (χ1n) is 7.44. The highest BCUT2D eigenvalue weighted by Gasteiger charge is 2.32. The highest BCUT2D eigenvalue weighted by Crippen LogP contribution is 2.30. The molecule has 0 radical (unpaired) electrons. The Labute approximate surface area is 121 Å². The summed E-state index contributed by atoms with van der Waals surface area (Å²) in [5.41, 5.74) is 0. The molecular formula is C14H25N5O. The highest BCUT2D eigenvalue weighted by atomic mass is 16.5. The SMILES string of the molecule is CCC1CCC(C)N1c1nc(NC)nc(OC(C)C)n1. The van der Waals surface area contributed by atoms with Crippen LogP contribution in [0.2, 0.25) is 0 Å². The van der Waals surface area contributed by atoms with Crippen molar-refractivity contribution in [3.63, 3.8) is 0 Å². The Morgan fingerprint density at radius 3 is 2.65 bits per heavy atom. The quantitative estimate of drug-likeness (QED) is 0.893. The van der Waals surface area contributed by atoms with Crippen LogP contribution in [-0.4, -0.2) is 40.2 Å². The van der Waals surface area contributed by atoms with E-state index in [1.807, 2.05) is 20.9 Å². The van der Waals surface area contributed by atoms with Gasteiger partial charge in [0.1, 0.15) is 0 Å². The summed E-state index contributed by atoms with van der Waals surface area (Å²) in [6.07, 6.45) is 3.52. The summed E-state index contributed by atoms with van der Waals surface area (Å²) in [4.78, 5) is 15.6. The molecule has 0 saturated carbocycles. The van der Waals surface area contributed by atoms with E-state index in [0.29, 0.717) is 24.0 Å². The first kappa shape index (κ1) is 14.8. The summed E-state index contributed by atoms with van der Waals surface area (Å²) < 4.78 is 5.63.